The van der Waals surface area contributed by atoms with Crippen molar-refractivity contribution in [3.63, 3.8) is 0 Å². The number of allylic oxidation sites excluding steroid dienone is 1. The van der Waals surface area contributed by atoms with E-state index in [2.05, 4.69) is 92.7 Å². The Kier molecular flexibility index (Phi) is 9.85. The number of benzene rings is 5. The number of pyridine rings is 1. The first-order valence-corrected chi connectivity index (χ1v) is 18.0. The van der Waals surface area contributed by atoms with Crippen molar-refractivity contribution in [3.05, 3.63) is 210 Å². The first-order chi connectivity index (χ1) is 26.6. The third-order valence-corrected chi connectivity index (χ3v) is 9.34. The Bertz CT molecular complexity index is 2600. The summed E-state index contributed by atoms with van der Waals surface area (Å²) < 4.78 is 0. The molecule has 0 spiro atoms. The van der Waals surface area contributed by atoms with Crippen molar-refractivity contribution in [1.82, 2.24) is 19.9 Å². The van der Waals surface area contributed by atoms with Gasteiger partial charge in [0.1, 0.15) is 0 Å². The molecule has 0 N–H and O–H groups in total. The topological polar surface area (TPSA) is 63.9 Å². The van der Waals surface area contributed by atoms with Crippen molar-refractivity contribution in [2.75, 3.05) is 0 Å². The Morgan fingerprint density at radius 3 is 1.59 bits per heavy atom. The molecule has 5 nitrogen and oxygen atoms in total. The normalized spacial score (nSPS) is 11.9. The summed E-state index contributed by atoms with van der Waals surface area (Å²) in [7, 11) is 0. The second-order valence-corrected chi connectivity index (χ2v) is 13.1. The van der Waals surface area contributed by atoms with E-state index in [0.29, 0.717) is 17.5 Å². The van der Waals surface area contributed by atoms with Crippen LogP contribution < -0.4 is 5.36 Å². The van der Waals surface area contributed by atoms with E-state index in [1.165, 1.54) is 0 Å². The van der Waals surface area contributed by atoms with Gasteiger partial charge in [0.15, 0.2) is 17.5 Å². The number of rotatable bonds is 8. The highest BCUT2D eigenvalue weighted by molar-refractivity contribution is 5.91. The highest BCUT2D eigenvalue weighted by Crippen LogP contribution is 2.35. The summed E-state index contributed by atoms with van der Waals surface area (Å²) in [6.07, 6.45) is 1.82. The van der Waals surface area contributed by atoms with Crippen LogP contribution in [0.25, 0.3) is 67.8 Å². The zero-order valence-electron chi connectivity index (χ0n) is 30.1. The molecule has 0 amide bonds. The van der Waals surface area contributed by atoms with Crippen LogP contribution in [-0.4, -0.2) is 19.9 Å². The van der Waals surface area contributed by atoms with Crippen molar-refractivity contribution in [3.8, 4) is 56.5 Å². The Hall–Kier alpha value is -7.11. The highest BCUT2D eigenvalue weighted by atomic mass is 15.0. The second kappa shape index (κ2) is 15.6. The maximum atomic E-state index is 5.27. The predicted octanol–water partition coefficient (Wildman–Crippen LogP) is 11.4. The lowest BCUT2D eigenvalue weighted by Gasteiger charge is -2.14. The lowest BCUT2D eigenvalue weighted by atomic mass is 9.94. The zero-order chi connectivity index (χ0) is 36.7. The summed E-state index contributed by atoms with van der Waals surface area (Å²) in [5, 5.41) is 0.934. The van der Waals surface area contributed by atoms with E-state index in [1.807, 2.05) is 109 Å². The molecule has 5 heteroatoms. The van der Waals surface area contributed by atoms with Crippen LogP contribution in [0.4, 0.5) is 0 Å². The fourth-order valence-corrected chi connectivity index (χ4v) is 6.45. The van der Waals surface area contributed by atoms with Crippen LogP contribution in [0, 0.1) is 6.92 Å². The first kappa shape index (κ1) is 34.0. The number of hydrogen-bond acceptors (Lipinski definition) is 5. The van der Waals surface area contributed by atoms with Crippen molar-refractivity contribution < 1.29 is 0 Å². The van der Waals surface area contributed by atoms with Crippen LogP contribution in [0.15, 0.2) is 193 Å². The SMILES string of the molecule is C/C(=C(\N=c1cccccc1C)c1ccccc1)c1cccc(-c2cc(-c3ccccn3)cc(-c3nc(-c4ccccc4)nc(-c4ccccc4)n3)c2)c1. The molecule has 0 saturated carbocycles. The van der Waals surface area contributed by atoms with E-state index in [9.17, 15) is 0 Å². The summed E-state index contributed by atoms with van der Waals surface area (Å²) >= 11 is 0. The smallest absolute Gasteiger partial charge is 0.164 e. The summed E-state index contributed by atoms with van der Waals surface area (Å²) in [5.41, 5.74) is 11.9. The van der Waals surface area contributed by atoms with Gasteiger partial charge in [0.25, 0.3) is 0 Å². The maximum Gasteiger partial charge on any atom is 0.164 e. The highest BCUT2D eigenvalue weighted by Gasteiger charge is 2.16. The monoisotopic (exact) mass is 695 g/mol. The fraction of sp³-hybridized carbons (Fsp3) is 0.0408. The largest absolute Gasteiger partial charge is 0.256 e. The molecule has 0 aliphatic rings. The molecule has 6 aromatic carbocycles. The van der Waals surface area contributed by atoms with Crippen LogP contribution in [-0.2, 0) is 0 Å². The van der Waals surface area contributed by atoms with E-state index in [0.717, 1.165) is 72.4 Å². The number of nitrogens with zero attached hydrogens (tertiary/aromatic N) is 5. The zero-order valence-corrected chi connectivity index (χ0v) is 30.1. The quantitative estimate of drug-likeness (QED) is 0.148. The van der Waals surface area contributed by atoms with E-state index in [1.54, 1.807) is 0 Å². The molecule has 0 atom stereocenters. The molecule has 54 heavy (non-hydrogen) atoms. The molecule has 8 rings (SSSR count). The summed E-state index contributed by atoms with van der Waals surface area (Å²) in [4.78, 5) is 25.0. The molecule has 8 aromatic rings. The van der Waals surface area contributed by atoms with E-state index in [-0.39, 0.29) is 0 Å². The van der Waals surface area contributed by atoms with Crippen LogP contribution in [0.3, 0.4) is 0 Å². The molecular weight excluding hydrogens is 659 g/mol. The average molecular weight is 696 g/mol. The van der Waals surface area contributed by atoms with Gasteiger partial charge in [-0.3, -0.25) is 4.98 Å². The summed E-state index contributed by atoms with van der Waals surface area (Å²) in [5.74, 6) is 1.82. The lowest BCUT2D eigenvalue weighted by molar-refractivity contribution is 1.07. The molecule has 258 valence electrons. The maximum absolute atomic E-state index is 5.27. The molecular formula is C49H37N5. The van der Waals surface area contributed by atoms with Gasteiger partial charge in [-0.2, -0.15) is 0 Å². The van der Waals surface area contributed by atoms with Gasteiger partial charge < -0.3 is 0 Å². The van der Waals surface area contributed by atoms with Gasteiger partial charge in [0.2, 0.25) is 0 Å². The standard InChI is InChI=1S/C49H37N5/c1-34-18-7-3-14-27-44(34)51-46(36-19-8-4-9-20-36)35(2)39-25-17-26-40(30-39)41-31-42(45-28-15-16-29-50-45)33-43(32-41)49-53-47(37-21-10-5-11-22-37)52-48(54-49)38-23-12-6-13-24-38/h3-33H,1-2H3/b46-35+,51-44?. The molecule has 2 heterocycles. The number of aromatic nitrogens is 4. The van der Waals surface area contributed by atoms with Crippen molar-refractivity contribution >= 4 is 11.3 Å². The van der Waals surface area contributed by atoms with Gasteiger partial charge in [-0.25, -0.2) is 19.9 Å². The van der Waals surface area contributed by atoms with E-state index in [4.69, 9.17) is 24.9 Å². The molecule has 2 aromatic heterocycles. The lowest BCUT2D eigenvalue weighted by Crippen LogP contribution is -2.04. The minimum absolute atomic E-state index is 0.588. The Morgan fingerprint density at radius 1 is 0.426 bits per heavy atom. The first-order valence-electron chi connectivity index (χ1n) is 18.0. The van der Waals surface area contributed by atoms with Gasteiger partial charge in [-0.15, -0.1) is 0 Å². The van der Waals surface area contributed by atoms with Gasteiger partial charge in [-0.1, -0.05) is 140 Å². The summed E-state index contributed by atoms with van der Waals surface area (Å²) in [6, 6.07) is 61.9. The van der Waals surface area contributed by atoms with Gasteiger partial charge >= 0.3 is 0 Å². The van der Waals surface area contributed by atoms with Crippen LogP contribution in [0.1, 0.15) is 23.6 Å². The molecule has 0 fully saturated rings. The van der Waals surface area contributed by atoms with Crippen LogP contribution in [0.2, 0.25) is 0 Å². The van der Waals surface area contributed by atoms with Gasteiger partial charge in [0, 0.05) is 34.0 Å². The Morgan fingerprint density at radius 2 is 0.944 bits per heavy atom. The van der Waals surface area contributed by atoms with Gasteiger partial charge in [0.05, 0.1) is 16.7 Å². The molecule has 0 aliphatic carbocycles. The molecule has 0 saturated heterocycles. The van der Waals surface area contributed by atoms with Crippen molar-refractivity contribution in [1.29, 1.82) is 0 Å². The van der Waals surface area contributed by atoms with E-state index >= 15 is 0 Å². The third kappa shape index (κ3) is 7.57. The Balaban J connectivity index is 1.31. The fourth-order valence-electron chi connectivity index (χ4n) is 6.45. The summed E-state index contributed by atoms with van der Waals surface area (Å²) in [6.45, 7) is 4.25. The van der Waals surface area contributed by atoms with Crippen molar-refractivity contribution in [2.45, 2.75) is 13.8 Å². The molecule has 0 bridgehead atoms. The van der Waals surface area contributed by atoms with E-state index < -0.39 is 0 Å². The second-order valence-electron chi connectivity index (χ2n) is 13.1. The molecule has 0 radical (unpaired) electrons. The van der Waals surface area contributed by atoms with Crippen LogP contribution in [0.5, 0.6) is 0 Å². The average Bonchev–Trinajstić information content (AvgIpc) is 3.46. The number of hydrogen-bond donors (Lipinski definition) is 0. The van der Waals surface area contributed by atoms with Crippen molar-refractivity contribution in [2.24, 2.45) is 4.99 Å². The Labute approximate surface area is 315 Å². The van der Waals surface area contributed by atoms with Crippen LogP contribution >= 0.6 is 0 Å². The van der Waals surface area contributed by atoms with Gasteiger partial charge in [-0.05, 0) is 84.1 Å². The molecule has 0 aliphatic heterocycles. The predicted molar refractivity (Wildman–Crippen MR) is 220 cm³/mol. The molecule has 0 unspecified atom stereocenters. The number of aryl methyl sites for hydroxylation is 1. The minimum Gasteiger partial charge on any atom is -0.256 e. The minimum atomic E-state index is 0.588. The third-order valence-electron chi connectivity index (χ3n) is 9.34.